The minimum Gasteiger partial charge on any atom is -0.385 e. The summed E-state index contributed by atoms with van der Waals surface area (Å²) in [6, 6.07) is 10.6. The van der Waals surface area contributed by atoms with Crippen molar-refractivity contribution in [2.24, 2.45) is 0 Å². The summed E-state index contributed by atoms with van der Waals surface area (Å²) in [6.45, 7) is 1.35. The first kappa shape index (κ1) is 18.0. The SMILES string of the molecule is CC(O)(CC(=O)NC1(c2cccc(Br)c2)CC1)c1ccc(F)cc1F. The first-order valence-corrected chi connectivity index (χ1v) is 8.76. The Bertz CT molecular complexity index is 819. The van der Waals surface area contributed by atoms with Gasteiger partial charge in [0.25, 0.3) is 0 Å². The molecule has 0 radical (unpaired) electrons. The van der Waals surface area contributed by atoms with Gasteiger partial charge in [-0.15, -0.1) is 0 Å². The number of hydrogen-bond acceptors (Lipinski definition) is 2. The van der Waals surface area contributed by atoms with E-state index in [1.165, 1.54) is 13.0 Å². The maximum atomic E-state index is 13.9. The number of nitrogens with one attached hydrogen (secondary N) is 1. The average molecular weight is 410 g/mol. The summed E-state index contributed by atoms with van der Waals surface area (Å²) >= 11 is 3.42. The Hall–Kier alpha value is -1.79. The molecule has 3 nitrogen and oxygen atoms in total. The van der Waals surface area contributed by atoms with Gasteiger partial charge in [0.1, 0.15) is 11.6 Å². The van der Waals surface area contributed by atoms with Crippen molar-refractivity contribution in [3.8, 4) is 0 Å². The largest absolute Gasteiger partial charge is 0.385 e. The summed E-state index contributed by atoms with van der Waals surface area (Å²) < 4.78 is 27.9. The molecule has 1 aliphatic carbocycles. The number of amides is 1. The van der Waals surface area contributed by atoms with Crippen LogP contribution in [0.5, 0.6) is 0 Å². The fourth-order valence-electron chi connectivity index (χ4n) is 3.04. The van der Waals surface area contributed by atoms with Crippen LogP contribution in [0, 0.1) is 11.6 Å². The molecule has 2 N–H and O–H groups in total. The molecule has 1 unspecified atom stereocenters. The molecule has 3 rings (SSSR count). The highest BCUT2D eigenvalue weighted by Gasteiger charge is 2.46. The van der Waals surface area contributed by atoms with Gasteiger partial charge in [-0.2, -0.15) is 0 Å². The van der Waals surface area contributed by atoms with Crippen molar-refractivity contribution in [3.63, 3.8) is 0 Å². The van der Waals surface area contributed by atoms with E-state index in [4.69, 9.17) is 0 Å². The summed E-state index contributed by atoms with van der Waals surface area (Å²) in [7, 11) is 0. The third-order valence-electron chi connectivity index (χ3n) is 4.52. The van der Waals surface area contributed by atoms with Gasteiger partial charge in [-0.05, 0) is 43.5 Å². The van der Waals surface area contributed by atoms with Crippen LogP contribution >= 0.6 is 15.9 Å². The lowest BCUT2D eigenvalue weighted by Gasteiger charge is -2.26. The van der Waals surface area contributed by atoms with E-state index >= 15 is 0 Å². The van der Waals surface area contributed by atoms with E-state index in [2.05, 4.69) is 21.2 Å². The second kappa shape index (κ2) is 6.50. The molecule has 2 aromatic carbocycles. The van der Waals surface area contributed by atoms with Crippen molar-refractivity contribution in [2.45, 2.75) is 37.3 Å². The van der Waals surface area contributed by atoms with Gasteiger partial charge in [-0.3, -0.25) is 4.79 Å². The highest BCUT2D eigenvalue weighted by atomic mass is 79.9. The van der Waals surface area contributed by atoms with Crippen LogP contribution in [0.3, 0.4) is 0 Å². The molecule has 2 aromatic rings. The number of hydrogen-bond donors (Lipinski definition) is 2. The molecule has 6 heteroatoms. The zero-order valence-electron chi connectivity index (χ0n) is 13.7. The minimum atomic E-state index is -1.73. The molecule has 0 bridgehead atoms. The van der Waals surface area contributed by atoms with Crippen LogP contribution < -0.4 is 5.32 Å². The Kier molecular flexibility index (Phi) is 4.68. The van der Waals surface area contributed by atoms with Crippen molar-refractivity contribution in [3.05, 3.63) is 69.7 Å². The van der Waals surface area contributed by atoms with E-state index in [0.29, 0.717) is 6.07 Å². The lowest BCUT2D eigenvalue weighted by Crippen LogP contribution is -2.39. The molecular formula is C19H18BrF2NO2. The second-order valence-corrected chi connectivity index (χ2v) is 7.63. The fraction of sp³-hybridized carbons (Fsp3) is 0.316. The first-order chi connectivity index (χ1) is 11.7. The summed E-state index contributed by atoms with van der Waals surface area (Å²) in [5.41, 5.74) is -1.27. The van der Waals surface area contributed by atoms with E-state index in [-0.39, 0.29) is 17.9 Å². The van der Waals surface area contributed by atoms with Gasteiger partial charge in [0.2, 0.25) is 5.91 Å². The van der Waals surface area contributed by atoms with Gasteiger partial charge in [0.05, 0.1) is 17.6 Å². The molecule has 25 heavy (non-hydrogen) atoms. The van der Waals surface area contributed by atoms with Crippen LogP contribution in [0.25, 0.3) is 0 Å². The molecule has 132 valence electrons. The van der Waals surface area contributed by atoms with Crippen LogP contribution in [0.15, 0.2) is 46.9 Å². The third-order valence-corrected chi connectivity index (χ3v) is 5.02. The van der Waals surface area contributed by atoms with Gasteiger partial charge >= 0.3 is 0 Å². The van der Waals surface area contributed by atoms with E-state index in [0.717, 1.165) is 28.9 Å². The lowest BCUT2D eigenvalue weighted by atomic mass is 9.91. The van der Waals surface area contributed by atoms with Crippen molar-refractivity contribution < 1.29 is 18.7 Å². The maximum Gasteiger partial charge on any atom is 0.223 e. The number of rotatable bonds is 5. The molecule has 1 fully saturated rings. The van der Waals surface area contributed by atoms with Crippen LogP contribution in [0.2, 0.25) is 0 Å². The standard InChI is InChI=1S/C19H18BrF2NO2/c1-18(25,15-6-5-14(21)10-16(15)22)11-17(24)23-19(7-8-19)12-3-2-4-13(20)9-12/h2-6,9-10,25H,7-8,11H2,1H3,(H,23,24). The zero-order chi connectivity index (χ0) is 18.2. The first-order valence-electron chi connectivity index (χ1n) is 7.97. The van der Waals surface area contributed by atoms with E-state index in [1.54, 1.807) is 0 Å². The Morgan fingerprint density at radius 2 is 2.00 bits per heavy atom. The Morgan fingerprint density at radius 1 is 1.28 bits per heavy atom. The average Bonchev–Trinajstić information content (AvgIpc) is 3.26. The molecular weight excluding hydrogens is 392 g/mol. The molecule has 1 atom stereocenters. The van der Waals surface area contributed by atoms with Gasteiger partial charge in [0, 0.05) is 16.1 Å². The van der Waals surface area contributed by atoms with Crippen molar-refractivity contribution in [1.29, 1.82) is 0 Å². The quantitative estimate of drug-likeness (QED) is 0.779. The van der Waals surface area contributed by atoms with Crippen molar-refractivity contribution in [2.75, 3.05) is 0 Å². The highest BCUT2D eigenvalue weighted by molar-refractivity contribution is 9.10. The van der Waals surface area contributed by atoms with Crippen molar-refractivity contribution >= 4 is 21.8 Å². The molecule has 1 aliphatic rings. The summed E-state index contributed by atoms with van der Waals surface area (Å²) in [6.07, 6.45) is 1.30. The Morgan fingerprint density at radius 3 is 2.60 bits per heavy atom. The zero-order valence-corrected chi connectivity index (χ0v) is 15.2. The molecule has 0 saturated heterocycles. The van der Waals surface area contributed by atoms with E-state index < -0.39 is 22.8 Å². The van der Waals surface area contributed by atoms with Gasteiger partial charge in [0.15, 0.2) is 0 Å². The van der Waals surface area contributed by atoms with Gasteiger partial charge < -0.3 is 10.4 Å². The predicted molar refractivity (Wildman–Crippen MR) is 93.7 cm³/mol. The number of halogens is 3. The second-order valence-electron chi connectivity index (χ2n) is 6.72. The topological polar surface area (TPSA) is 49.3 Å². The number of carbonyl (C=O) groups is 1. The molecule has 1 saturated carbocycles. The Labute approximate surface area is 153 Å². The smallest absolute Gasteiger partial charge is 0.223 e. The van der Waals surface area contributed by atoms with Crippen LogP contribution in [-0.4, -0.2) is 11.0 Å². The van der Waals surface area contributed by atoms with Gasteiger partial charge in [-0.25, -0.2) is 8.78 Å². The molecule has 0 spiro atoms. The molecule has 0 aliphatic heterocycles. The summed E-state index contributed by atoms with van der Waals surface area (Å²) in [5.74, 6) is -1.98. The number of benzene rings is 2. The number of carbonyl (C=O) groups excluding carboxylic acids is 1. The monoisotopic (exact) mass is 409 g/mol. The molecule has 0 aromatic heterocycles. The van der Waals surface area contributed by atoms with Crippen LogP contribution in [0.4, 0.5) is 8.78 Å². The highest BCUT2D eigenvalue weighted by Crippen LogP contribution is 2.46. The lowest BCUT2D eigenvalue weighted by molar-refractivity contribution is -0.127. The predicted octanol–water partition coefficient (Wildman–Crippen LogP) is 4.13. The Balaban J connectivity index is 1.74. The van der Waals surface area contributed by atoms with E-state index in [1.807, 2.05) is 24.3 Å². The van der Waals surface area contributed by atoms with Crippen LogP contribution in [-0.2, 0) is 15.9 Å². The summed E-state index contributed by atoms with van der Waals surface area (Å²) in [4.78, 5) is 12.4. The third kappa shape index (κ3) is 3.90. The molecule has 0 heterocycles. The normalized spacial score (nSPS) is 17.6. The molecule has 1 amide bonds. The number of aliphatic hydroxyl groups is 1. The minimum absolute atomic E-state index is 0.101. The maximum absolute atomic E-state index is 13.9. The summed E-state index contributed by atoms with van der Waals surface area (Å²) in [5, 5.41) is 13.5. The van der Waals surface area contributed by atoms with E-state index in [9.17, 15) is 18.7 Å². The fourth-order valence-corrected chi connectivity index (χ4v) is 3.44. The van der Waals surface area contributed by atoms with Crippen LogP contribution in [0.1, 0.15) is 37.3 Å². The van der Waals surface area contributed by atoms with Crippen molar-refractivity contribution in [1.82, 2.24) is 5.32 Å². The van der Waals surface area contributed by atoms with Gasteiger partial charge in [-0.1, -0.05) is 34.1 Å².